The quantitative estimate of drug-likeness (QED) is 0.331. The first-order chi connectivity index (χ1) is 20.3. The predicted octanol–water partition coefficient (Wildman–Crippen LogP) is 2.53. The van der Waals surface area contributed by atoms with Crippen molar-refractivity contribution in [2.45, 2.75) is 30.3 Å². The van der Waals surface area contributed by atoms with Crippen molar-refractivity contribution in [2.24, 2.45) is 0 Å². The molecule has 2 fully saturated rings. The molecule has 1 atom stereocenters. The number of nitrogens with one attached hydrogen (secondary N) is 1. The van der Waals surface area contributed by atoms with Crippen molar-refractivity contribution in [3.8, 4) is 23.5 Å². The van der Waals surface area contributed by atoms with Crippen LogP contribution in [0.4, 0.5) is 0 Å². The number of pyridine rings is 1. The molecule has 0 aliphatic carbocycles. The maximum absolute atomic E-state index is 13.7. The van der Waals surface area contributed by atoms with Gasteiger partial charge in [-0.25, -0.2) is 18.4 Å². The second kappa shape index (κ2) is 11.3. The number of likely N-dealkylation sites (tertiary alicyclic amines) is 1. The van der Waals surface area contributed by atoms with Gasteiger partial charge in [0.1, 0.15) is 5.03 Å². The Morgan fingerprint density at radius 3 is 2.55 bits per heavy atom. The summed E-state index contributed by atoms with van der Waals surface area (Å²) in [5.41, 5.74) is 2.95. The lowest BCUT2D eigenvalue weighted by atomic mass is 10.1. The highest BCUT2D eigenvalue weighted by Crippen LogP contribution is 2.26. The number of hydrogen-bond acceptors (Lipinski definition) is 7. The van der Waals surface area contributed by atoms with Crippen LogP contribution >= 0.6 is 0 Å². The van der Waals surface area contributed by atoms with E-state index in [2.05, 4.69) is 25.9 Å². The molecule has 4 aromatic rings. The highest BCUT2D eigenvalue weighted by atomic mass is 32.2. The number of nitrogens with zero attached hydrogens (tertiary/aromatic N) is 6. The number of rotatable bonds is 7. The summed E-state index contributed by atoms with van der Waals surface area (Å²) in [6, 6.07) is 10.0. The fourth-order valence-electron chi connectivity index (χ4n) is 5.54. The van der Waals surface area contributed by atoms with Gasteiger partial charge >= 0.3 is 0 Å². The zero-order chi connectivity index (χ0) is 29.3. The Morgan fingerprint density at radius 2 is 1.83 bits per heavy atom. The minimum absolute atomic E-state index is 0.0336. The maximum Gasteiger partial charge on any atom is 0.291 e. The molecule has 5 heterocycles. The number of amides is 2. The number of piperazine rings is 1. The molecule has 42 heavy (non-hydrogen) atoms. The monoisotopic (exact) mass is 583 g/mol. The van der Waals surface area contributed by atoms with Crippen LogP contribution in [0.3, 0.4) is 0 Å². The molecule has 6 rings (SSSR count). The zero-order valence-electron chi connectivity index (χ0n) is 22.8. The first-order valence-electron chi connectivity index (χ1n) is 13.7. The van der Waals surface area contributed by atoms with E-state index in [4.69, 9.17) is 6.42 Å². The van der Waals surface area contributed by atoms with Crippen LogP contribution in [0.1, 0.15) is 35.4 Å². The van der Waals surface area contributed by atoms with Crippen LogP contribution in [0.25, 0.3) is 22.0 Å². The van der Waals surface area contributed by atoms with Gasteiger partial charge in [-0.1, -0.05) is 5.92 Å². The number of sulfonamides is 1. The fourth-order valence-corrected chi connectivity index (χ4v) is 7.02. The number of carbonyl (C=O) groups excluding carboxylic acids is 2. The maximum atomic E-state index is 13.7. The van der Waals surface area contributed by atoms with E-state index in [1.165, 1.54) is 4.31 Å². The number of hydrogen-bond donors (Lipinski definition) is 1. The van der Waals surface area contributed by atoms with Gasteiger partial charge in [0.05, 0.1) is 0 Å². The standard InChI is InChI=1S/C30H29N7O4S/c1-2-21-5-6-26-23(16-21)17-27(34-26)42(40,41)36-14-15-37(25(20-36)9-13-35-12-3-4-28(35)38)30(39)29-32-18-24(19-33-29)22-7-10-31-11-8-22/h1,5-8,10-11,16-19,25,34H,3-4,9,12-15,20H2. The third-order valence-electron chi connectivity index (χ3n) is 7.85. The molecule has 11 nitrogen and oxygen atoms in total. The van der Waals surface area contributed by atoms with Crippen molar-refractivity contribution in [1.29, 1.82) is 0 Å². The largest absolute Gasteiger partial charge is 0.345 e. The number of benzene rings is 1. The topological polar surface area (TPSA) is 132 Å². The van der Waals surface area contributed by atoms with Crippen LogP contribution in [0.2, 0.25) is 0 Å². The van der Waals surface area contributed by atoms with Gasteiger partial charge in [0.25, 0.3) is 15.9 Å². The fraction of sp³-hybridized carbons (Fsp3) is 0.300. The summed E-state index contributed by atoms with van der Waals surface area (Å²) in [5, 5.41) is 0.768. The third-order valence-corrected chi connectivity index (χ3v) is 9.63. The van der Waals surface area contributed by atoms with Gasteiger partial charge in [0.15, 0.2) is 0 Å². The van der Waals surface area contributed by atoms with Crippen LogP contribution in [-0.2, 0) is 14.8 Å². The van der Waals surface area contributed by atoms with Crippen LogP contribution in [0.15, 0.2) is 66.2 Å². The summed E-state index contributed by atoms with van der Waals surface area (Å²) in [5.74, 6) is 2.30. The van der Waals surface area contributed by atoms with Crippen LogP contribution in [0, 0.1) is 12.3 Å². The predicted molar refractivity (Wildman–Crippen MR) is 156 cm³/mol. The lowest BCUT2D eigenvalue weighted by Gasteiger charge is -2.40. The number of carbonyl (C=O) groups is 2. The smallest absolute Gasteiger partial charge is 0.291 e. The van der Waals surface area contributed by atoms with Crippen molar-refractivity contribution in [3.05, 3.63) is 72.6 Å². The van der Waals surface area contributed by atoms with E-state index in [9.17, 15) is 18.0 Å². The molecular weight excluding hydrogens is 554 g/mol. The zero-order valence-corrected chi connectivity index (χ0v) is 23.6. The Hall–Kier alpha value is -4.60. The summed E-state index contributed by atoms with van der Waals surface area (Å²) < 4.78 is 28.9. The molecule has 2 amide bonds. The summed E-state index contributed by atoms with van der Waals surface area (Å²) >= 11 is 0. The van der Waals surface area contributed by atoms with Crippen LogP contribution < -0.4 is 0 Å². The van der Waals surface area contributed by atoms with Gasteiger partial charge in [0, 0.05) is 92.0 Å². The molecule has 2 aliphatic heterocycles. The number of aromatic amines is 1. The summed E-state index contributed by atoms with van der Waals surface area (Å²) in [6.07, 6.45) is 13.8. The molecule has 1 N–H and O–H groups in total. The average molecular weight is 584 g/mol. The van der Waals surface area contributed by atoms with Crippen molar-refractivity contribution in [2.75, 3.05) is 32.7 Å². The van der Waals surface area contributed by atoms with E-state index in [1.807, 2.05) is 12.1 Å². The van der Waals surface area contributed by atoms with Gasteiger partial charge in [-0.05, 0) is 54.8 Å². The van der Waals surface area contributed by atoms with Gasteiger partial charge in [-0.2, -0.15) is 4.31 Å². The lowest BCUT2D eigenvalue weighted by molar-refractivity contribution is -0.127. The number of terminal acetylenes is 1. The van der Waals surface area contributed by atoms with Crippen LogP contribution in [-0.4, -0.2) is 93.0 Å². The van der Waals surface area contributed by atoms with Crippen LogP contribution in [0.5, 0.6) is 0 Å². The molecule has 2 aliphatic rings. The van der Waals surface area contributed by atoms with E-state index < -0.39 is 16.1 Å². The molecule has 0 radical (unpaired) electrons. The molecule has 1 unspecified atom stereocenters. The van der Waals surface area contributed by atoms with Gasteiger partial charge in [0.2, 0.25) is 11.7 Å². The molecule has 2 saturated heterocycles. The van der Waals surface area contributed by atoms with Gasteiger partial charge < -0.3 is 14.8 Å². The molecular formula is C30H29N7O4S. The van der Waals surface area contributed by atoms with E-state index in [0.717, 1.165) is 17.5 Å². The number of fused-ring (bicyclic) bond motifs is 1. The Kier molecular flexibility index (Phi) is 7.45. The molecule has 0 spiro atoms. The highest BCUT2D eigenvalue weighted by molar-refractivity contribution is 7.89. The van der Waals surface area contributed by atoms with Gasteiger partial charge in [-0.3, -0.25) is 14.6 Å². The normalized spacial score (nSPS) is 18.0. The number of H-pyrrole nitrogens is 1. The third kappa shape index (κ3) is 5.36. The lowest BCUT2D eigenvalue weighted by Crippen LogP contribution is -2.57. The second-order valence-electron chi connectivity index (χ2n) is 10.4. The number of aromatic nitrogens is 4. The van der Waals surface area contributed by atoms with Crippen molar-refractivity contribution in [3.63, 3.8) is 0 Å². The Morgan fingerprint density at radius 1 is 1.05 bits per heavy atom. The van der Waals surface area contributed by atoms with Crippen molar-refractivity contribution < 1.29 is 18.0 Å². The molecule has 12 heteroatoms. The molecule has 214 valence electrons. The van der Waals surface area contributed by atoms with E-state index in [-0.39, 0.29) is 42.3 Å². The summed E-state index contributed by atoms with van der Waals surface area (Å²) in [7, 11) is -3.90. The van der Waals surface area contributed by atoms with E-state index in [0.29, 0.717) is 42.4 Å². The molecule has 3 aromatic heterocycles. The molecule has 0 saturated carbocycles. The first-order valence-corrected chi connectivity index (χ1v) is 15.2. The highest BCUT2D eigenvalue weighted by Gasteiger charge is 2.38. The average Bonchev–Trinajstić information content (AvgIpc) is 3.65. The first kappa shape index (κ1) is 27.6. The summed E-state index contributed by atoms with van der Waals surface area (Å²) in [4.78, 5) is 45.0. The summed E-state index contributed by atoms with van der Waals surface area (Å²) in [6.45, 7) is 1.44. The molecule has 0 bridgehead atoms. The minimum atomic E-state index is -3.90. The van der Waals surface area contributed by atoms with Crippen molar-refractivity contribution >= 4 is 32.7 Å². The van der Waals surface area contributed by atoms with Gasteiger partial charge in [-0.15, -0.1) is 6.42 Å². The molecule has 1 aromatic carbocycles. The SMILES string of the molecule is C#Cc1ccc2[nH]c(S(=O)(=O)N3CCN(C(=O)c4ncc(-c5ccncc5)cn4)C(CCN4CCCC4=O)C3)cc2c1. The Balaban J connectivity index is 1.24. The van der Waals surface area contributed by atoms with E-state index in [1.54, 1.807) is 58.9 Å². The van der Waals surface area contributed by atoms with Crippen molar-refractivity contribution in [1.82, 2.24) is 34.0 Å². The Labute approximate surface area is 243 Å². The minimum Gasteiger partial charge on any atom is -0.345 e. The second-order valence-corrected chi connectivity index (χ2v) is 12.3. The Bertz CT molecular complexity index is 1780. The van der Waals surface area contributed by atoms with E-state index >= 15 is 0 Å².